The van der Waals surface area contributed by atoms with Crippen molar-refractivity contribution in [1.82, 2.24) is 9.80 Å². The average Bonchev–Trinajstić information content (AvgIpc) is 2.94. The van der Waals surface area contributed by atoms with E-state index >= 15 is 0 Å². The minimum Gasteiger partial charge on any atom is -0.469 e. The Morgan fingerprint density at radius 3 is 2.76 bits per heavy atom. The van der Waals surface area contributed by atoms with E-state index < -0.39 is 0 Å². The van der Waals surface area contributed by atoms with Crippen LogP contribution in [0.3, 0.4) is 0 Å². The second-order valence-electron chi connectivity index (χ2n) is 6.90. The summed E-state index contributed by atoms with van der Waals surface area (Å²) in [7, 11) is 2.21. The molecular formula is C17H24N2O2. The van der Waals surface area contributed by atoms with Gasteiger partial charge in [0.25, 0.3) is 0 Å². The maximum atomic E-state index is 12.9. The smallest absolute Gasteiger partial charge is 0.226 e. The fraction of sp³-hybridized carbons (Fsp3) is 0.706. The first kappa shape index (κ1) is 13.4. The molecule has 2 saturated heterocycles. The zero-order chi connectivity index (χ0) is 14.4. The molecule has 0 aromatic carbocycles. The predicted octanol–water partition coefficient (Wildman–Crippen LogP) is 2.47. The Morgan fingerprint density at radius 2 is 2.05 bits per heavy atom. The molecule has 2 aliphatic heterocycles. The van der Waals surface area contributed by atoms with Gasteiger partial charge in [0.05, 0.1) is 6.26 Å². The van der Waals surface area contributed by atoms with Crippen LogP contribution in [0.1, 0.15) is 43.8 Å². The van der Waals surface area contributed by atoms with Crippen LogP contribution >= 0.6 is 0 Å². The van der Waals surface area contributed by atoms with Gasteiger partial charge in [0, 0.05) is 30.5 Å². The third kappa shape index (κ3) is 2.30. The topological polar surface area (TPSA) is 36.7 Å². The van der Waals surface area contributed by atoms with E-state index in [1.165, 1.54) is 32.2 Å². The van der Waals surface area contributed by atoms with Crippen molar-refractivity contribution < 1.29 is 9.21 Å². The third-order valence-electron chi connectivity index (χ3n) is 5.62. The monoisotopic (exact) mass is 288 g/mol. The van der Waals surface area contributed by atoms with Gasteiger partial charge in [-0.3, -0.25) is 4.79 Å². The molecule has 3 aliphatic rings. The second-order valence-corrected chi connectivity index (χ2v) is 6.90. The predicted molar refractivity (Wildman–Crippen MR) is 79.9 cm³/mol. The molecule has 0 unspecified atom stereocenters. The van der Waals surface area contributed by atoms with E-state index in [-0.39, 0.29) is 5.92 Å². The molecule has 1 amide bonds. The van der Waals surface area contributed by atoms with Crippen LogP contribution in [0.4, 0.5) is 0 Å². The molecule has 3 heterocycles. The third-order valence-corrected chi connectivity index (χ3v) is 5.62. The summed E-state index contributed by atoms with van der Waals surface area (Å²) in [6, 6.07) is 4.95. The normalized spacial score (nSPS) is 36.3. The molecule has 4 heteroatoms. The Morgan fingerprint density at radius 1 is 1.24 bits per heavy atom. The van der Waals surface area contributed by atoms with Crippen LogP contribution in [-0.4, -0.2) is 47.9 Å². The van der Waals surface area contributed by atoms with E-state index in [9.17, 15) is 4.79 Å². The van der Waals surface area contributed by atoms with Gasteiger partial charge < -0.3 is 14.2 Å². The zero-order valence-electron chi connectivity index (χ0n) is 12.7. The first-order valence-electron chi connectivity index (χ1n) is 8.30. The van der Waals surface area contributed by atoms with E-state index in [0.29, 0.717) is 23.9 Å². The Hall–Kier alpha value is -1.29. The maximum Gasteiger partial charge on any atom is 0.226 e. The summed E-state index contributed by atoms with van der Waals surface area (Å²) in [6.07, 6.45) is 7.55. The van der Waals surface area contributed by atoms with Gasteiger partial charge in [-0.05, 0) is 57.8 Å². The number of amides is 1. The Labute approximate surface area is 126 Å². The molecule has 4 rings (SSSR count). The SMILES string of the molecule is CN1CCC[C@@H]1[C@@H]1CCCN1C(=O)[C@@H]1C[C@H]1c1ccco1. The van der Waals surface area contributed by atoms with E-state index in [1.54, 1.807) is 6.26 Å². The van der Waals surface area contributed by atoms with Crippen LogP contribution in [0.5, 0.6) is 0 Å². The number of rotatable bonds is 3. The van der Waals surface area contributed by atoms with E-state index in [1.807, 2.05) is 12.1 Å². The number of carbonyl (C=O) groups is 1. The maximum absolute atomic E-state index is 12.9. The molecule has 1 aromatic heterocycles. The van der Waals surface area contributed by atoms with Crippen molar-refractivity contribution in [3.05, 3.63) is 24.2 Å². The number of carbonyl (C=O) groups excluding carboxylic acids is 1. The molecule has 0 spiro atoms. The first-order chi connectivity index (χ1) is 10.3. The minimum absolute atomic E-state index is 0.170. The molecular weight excluding hydrogens is 264 g/mol. The molecule has 0 radical (unpaired) electrons. The average molecular weight is 288 g/mol. The molecule has 1 aliphatic carbocycles. The zero-order valence-corrected chi connectivity index (χ0v) is 12.7. The van der Waals surface area contributed by atoms with E-state index in [4.69, 9.17) is 4.42 Å². The lowest BCUT2D eigenvalue weighted by molar-refractivity contribution is -0.134. The van der Waals surface area contributed by atoms with Crippen LogP contribution in [0.2, 0.25) is 0 Å². The van der Waals surface area contributed by atoms with Crippen molar-refractivity contribution in [3.8, 4) is 0 Å². The Kier molecular flexibility index (Phi) is 3.29. The second kappa shape index (κ2) is 5.16. The fourth-order valence-electron chi connectivity index (χ4n) is 4.39. The highest BCUT2D eigenvalue weighted by molar-refractivity contribution is 5.83. The summed E-state index contributed by atoms with van der Waals surface area (Å²) < 4.78 is 5.47. The molecule has 1 aromatic rings. The summed E-state index contributed by atoms with van der Waals surface area (Å²) in [6.45, 7) is 2.14. The van der Waals surface area contributed by atoms with Crippen molar-refractivity contribution >= 4 is 5.91 Å². The lowest BCUT2D eigenvalue weighted by Gasteiger charge is -2.33. The van der Waals surface area contributed by atoms with E-state index in [0.717, 1.165) is 18.7 Å². The van der Waals surface area contributed by atoms with Gasteiger partial charge in [-0.25, -0.2) is 0 Å². The Balaban J connectivity index is 1.44. The summed E-state index contributed by atoms with van der Waals surface area (Å²) in [4.78, 5) is 17.5. The molecule has 114 valence electrons. The quantitative estimate of drug-likeness (QED) is 0.857. The van der Waals surface area contributed by atoms with Crippen LogP contribution in [-0.2, 0) is 4.79 Å². The van der Waals surface area contributed by atoms with E-state index in [2.05, 4.69) is 16.8 Å². The van der Waals surface area contributed by atoms with Crippen LogP contribution in [0.25, 0.3) is 0 Å². The van der Waals surface area contributed by atoms with Crippen LogP contribution in [0.15, 0.2) is 22.8 Å². The number of hydrogen-bond donors (Lipinski definition) is 0. The van der Waals surface area contributed by atoms with Gasteiger partial charge in [0.1, 0.15) is 5.76 Å². The largest absolute Gasteiger partial charge is 0.469 e. The first-order valence-corrected chi connectivity index (χ1v) is 8.30. The number of hydrogen-bond acceptors (Lipinski definition) is 3. The van der Waals surface area contributed by atoms with Gasteiger partial charge in [-0.1, -0.05) is 0 Å². The van der Waals surface area contributed by atoms with Crippen molar-refractivity contribution in [2.75, 3.05) is 20.1 Å². The fourth-order valence-corrected chi connectivity index (χ4v) is 4.39. The lowest BCUT2D eigenvalue weighted by Crippen LogP contribution is -2.47. The van der Waals surface area contributed by atoms with Crippen molar-refractivity contribution in [2.45, 2.75) is 50.1 Å². The van der Waals surface area contributed by atoms with Gasteiger partial charge in [-0.15, -0.1) is 0 Å². The highest BCUT2D eigenvalue weighted by Gasteiger charge is 2.50. The standard InChI is InChI=1S/C17H24N2O2/c1-18-8-2-5-14(18)15-6-3-9-19(15)17(20)13-11-12(13)16-7-4-10-21-16/h4,7,10,12-15H,2-3,5-6,8-9,11H2,1H3/t12-,13-,14-,15+/m1/s1. The number of furan rings is 1. The lowest BCUT2D eigenvalue weighted by atomic mass is 10.0. The minimum atomic E-state index is 0.170. The summed E-state index contributed by atoms with van der Waals surface area (Å²) in [5, 5.41) is 0. The van der Waals surface area contributed by atoms with Gasteiger partial charge in [-0.2, -0.15) is 0 Å². The molecule has 0 bridgehead atoms. The Bertz CT molecular complexity index is 513. The highest BCUT2D eigenvalue weighted by atomic mass is 16.3. The molecule has 4 atom stereocenters. The summed E-state index contributed by atoms with van der Waals surface area (Å²) >= 11 is 0. The van der Waals surface area contributed by atoms with Crippen molar-refractivity contribution in [2.24, 2.45) is 5.92 Å². The van der Waals surface area contributed by atoms with Gasteiger partial charge in [0.15, 0.2) is 0 Å². The van der Waals surface area contributed by atoms with Gasteiger partial charge in [0.2, 0.25) is 5.91 Å². The van der Waals surface area contributed by atoms with Crippen molar-refractivity contribution in [1.29, 1.82) is 0 Å². The van der Waals surface area contributed by atoms with Crippen LogP contribution in [0, 0.1) is 5.92 Å². The van der Waals surface area contributed by atoms with Gasteiger partial charge >= 0.3 is 0 Å². The number of nitrogens with zero attached hydrogens (tertiary/aromatic N) is 2. The molecule has 21 heavy (non-hydrogen) atoms. The molecule has 3 fully saturated rings. The molecule has 4 nitrogen and oxygen atoms in total. The van der Waals surface area contributed by atoms with Crippen molar-refractivity contribution in [3.63, 3.8) is 0 Å². The highest BCUT2D eigenvalue weighted by Crippen LogP contribution is 2.49. The summed E-state index contributed by atoms with van der Waals surface area (Å²) in [5.41, 5.74) is 0. The molecule has 0 N–H and O–H groups in total. The number of likely N-dealkylation sites (N-methyl/N-ethyl adjacent to an activating group) is 1. The van der Waals surface area contributed by atoms with Crippen LogP contribution < -0.4 is 0 Å². The molecule has 1 saturated carbocycles. The number of likely N-dealkylation sites (tertiary alicyclic amines) is 2. The summed E-state index contributed by atoms with van der Waals surface area (Å²) in [5.74, 6) is 1.86.